The summed E-state index contributed by atoms with van der Waals surface area (Å²) in [6.45, 7) is 4.94. The van der Waals surface area contributed by atoms with Gasteiger partial charge in [0.1, 0.15) is 6.61 Å². The molecule has 0 aromatic heterocycles. The number of aliphatic hydroxyl groups excluding tert-OH is 1. The SMILES string of the molecule is C[C@]12CCC(O)CC1CC[C@@H]1[C@H]2CC[C@]2(C)C(=O)CO[C@@H]12. The van der Waals surface area contributed by atoms with Crippen molar-refractivity contribution in [2.45, 2.75) is 71.0 Å². The minimum absolute atomic E-state index is 0.0854. The minimum Gasteiger partial charge on any atom is -0.393 e. The number of carbonyl (C=O) groups excluding carboxylic acids is 1. The molecule has 4 rings (SSSR count). The molecule has 0 aromatic rings. The molecule has 1 aliphatic heterocycles. The fourth-order valence-electron chi connectivity index (χ4n) is 6.33. The van der Waals surface area contributed by atoms with Crippen LogP contribution < -0.4 is 0 Å². The second-order valence-electron chi connectivity index (χ2n) is 8.59. The van der Waals surface area contributed by atoms with Crippen molar-refractivity contribution in [1.29, 1.82) is 0 Å². The number of carbonyl (C=O) groups is 1. The molecule has 3 nitrogen and oxygen atoms in total. The van der Waals surface area contributed by atoms with Crippen LogP contribution in [-0.2, 0) is 9.53 Å². The highest BCUT2D eigenvalue weighted by atomic mass is 16.5. The number of hydrogen-bond acceptors (Lipinski definition) is 3. The van der Waals surface area contributed by atoms with Crippen LogP contribution in [-0.4, -0.2) is 29.7 Å². The Bertz CT molecular complexity index is 461. The van der Waals surface area contributed by atoms with Crippen LogP contribution in [0.4, 0.5) is 0 Å². The molecule has 4 aliphatic rings. The maximum absolute atomic E-state index is 12.3. The maximum atomic E-state index is 12.3. The van der Waals surface area contributed by atoms with Crippen molar-refractivity contribution in [1.82, 2.24) is 0 Å². The summed E-state index contributed by atoms with van der Waals surface area (Å²) in [6, 6.07) is 0. The molecule has 4 fully saturated rings. The molecular weight excluding hydrogens is 264 g/mol. The first kappa shape index (κ1) is 14.2. The molecule has 0 amide bonds. The normalized spacial score (nSPS) is 56.5. The van der Waals surface area contributed by atoms with Gasteiger partial charge < -0.3 is 9.84 Å². The summed E-state index contributed by atoms with van der Waals surface area (Å²) in [7, 11) is 0. The highest BCUT2D eigenvalue weighted by molar-refractivity contribution is 5.88. The van der Waals surface area contributed by atoms with Gasteiger partial charge in [-0.3, -0.25) is 4.79 Å². The lowest BCUT2D eigenvalue weighted by molar-refractivity contribution is -0.149. The number of hydrogen-bond donors (Lipinski definition) is 1. The van der Waals surface area contributed by atoms with Gasteiger partial charge in [-0.05, 0) is 68.1 Å². The topological polar surface area (TPSA) is 46.5 Å². The highest BCUT2D eigenvalue weighted by Gasteiger charge is 2.61. The van der Waals surface area contributed by atoms with E-state index in [1.165, 1.54) is 19.3 Å². The molecule has 1 heterocycles. The average Bonchev–Trinajstić information content (AvgIpc) is 2.76. The third kappa shape index (κ3) is 1.83. The van der Waals surface area contributed by atoms with Crippen LogP contribution in [0.15, 0.2) is 0 Å². The van der Waals surface area contributed by atoms with Gasteiger partial charge in [-0.15, -0.1) is 0 Å². The van der Waals surface area contributed by atoms with E-state index in [2.05, 4.69) is 13.8 Å². The van der Waals surface area contributed by atoms with E-state index in [0.717, 1.165) is 25.7 Å². The van der Waals surface area contributed by atoms with Crippen molar-refractivity contribution >= 4 is 5.78 Å². The van der Waals surface area contributed by atoms with Gasteiger partial charge in [0, 0.05) is 0 Å². The standard InChI is InChI=1S/C18H28O3/c1-17-7-5-12(19)9-11(17)3-4-13-14(17)6-8-18(2)15(20)10-21-16(13)18/h11-14,16,19H,3-10H2,1-2H3/t11?,12?,13-,14-,16+,17+,18-/m1/s1. The number of ketones is 1. The molecule has 3 heteroatoms. The molecule has 21 heavy (non-hydrogen) atoms. The zero-order chi connectivity index (χ0) is 14.8. The van der Waals surface area contributed by atoms with Gasteiger partial charge in [-0.2, -0.15) is 0 Å². The van der Waals surface area contributed by atoms with Crippen molar-refractivity contribution in [3.05, 3.63) is 0 Å². The Labute approximate surface area is 127 Å². The van der Waals surface area contributed by atoms with E-state index in [0.29, 0.717) is 35.6 Å². The Morgan fingerprint density at radius 1 is 1.14 bits per heavy atom. The Morgan fingerprint density at radius 2 is 1.95 bits per heavy atom. The summed E-state index contributed by atoms with van der Waals surface area (Å²) < 4.78 is 5.99. The minimum atomic E-state index is -0.210. The van der Waals surface area contributed by atoms with Crippen LogP contribution >= 0.6 is 0 Å². The summed E-state index contributed by atoms with van der Waals surface area (Å²) in [5.41, 5.74) is 0.150. The van der Waals surface area contributed by atoms with Gasteiger partial charge in [0.2, 0.25) is 0 Å². The van der Waals surface area contributed by atoms with Gasteiger partial charge in [0.25, 0.3) is 0 Å². The quantitative estimate of drug-likeness (QED) is 0.746. The Kier molecular flexibility index (Phi) is 3.07. The molecule has 3 saturated carbocycles. The first-order chi connectivity index (χ1) is 9.95. The van der Waals surface area contributed by atoms with Crippen LogP contribution in [0.5, 0.6) is 0 Å². The monoisotopic (exact) mass is 292 g/mol. The summed E-state index contributed by atoms with van der Waals surface area (Å²) in [5.74, 6) is 2.25. The van der Waals surface area contributed by atoms with Gasteiger partial charge in [0.05, 0.1) is 17.6 Å². The predicted octanol–water partition coefficient (Wildman–Crippen LogP) is 2.95. The molecule has 2 unspecified atom stereocenters. The lowest BCUT2D eigenvalue weighted by Crippen LogP contribution is -2.56. The first-order valence-corrected chi connectivity index (χ1v) is 8.78. The molecular formula is C18H28O3. The highest BCUT2D eigenvalue weighted by Crippen LogP contribution is 2.62. The lowest BCUT2D eigenvalue weighted by Gasteiger charge is -2.59. The number of aliphatic hydroxyl groups is 1. The summed E-state index contributed by atoms with van der Waals surface area (Å²) in [5, 5.41) is 10.0. The van der Waals surface area contributed by atoms with E-state index in [-0.39, 0.29) is 17.6 Å². The van der Waals surface area contributed by atoms with Crippen LogP contribution in [0.25, 0.3) is 0 Å². The summed E-state index contributed by atoms with van der Waals surface area (Å²) >= 11 is 0. The van der Waals surface area contributed by atoms with Crippen LogP contribution in [0.3, 0.4) is 0 Å². The fourth-order valence-corrected chi connectivity index (χ4v) is 6.33. The van der Waals surface area contributed by atoms with Crippen molar-refractivity contribution in [3.63, 3.8) is 0 Å². The van der Waals surface area contributed by atoms with Gasteiger partial charge in [-0.1, -0.05) is 13.8 Å². The molecule has 0 radical (unpaired) electrons. The van der Waals surface area contributed by atoms with Crippen molar-refractivity contribution in [2.24, 2.45) is 28.6 Å². The third-order valence-electron chi connectivity index (χ3n) is 7.74. The Balaban J connectivity index is 1.64. The molecule has 3 aliphatic carbocycles. The average molecular weight is 292 g/mol. The maximum Gasteiger partial charge on any atom is 0.166 e. The smallest absolute Gasteiger partial charge is 0.166 e. The summed E-state index contributed by atoms with van der Waals surface area (Å²) in [4.78, 5) is 12.3. The molecule has 1 saturated heterocycles. The molecule has 1 N–H and O–H groups in total. The lowest BCUT2D eigenvalue weighted by atomic mass is 9.46. The molecule has 7 atom stereocenters. The summed E-state index contributed by atoms with van der Waals surface area (Å²) in [6.07, 6.45) is 7.74. The van der Waals surface area contributed by atoms with Gasteiger partial charge in [0.15, 0.2) is 5.78 Å². The Morgan fingerprint density at radius 3 is 2.76 bits per heavy atom. The largest absolute Gasteiger partial charge is 0.393 e. The fraction of sp³-hybridized carbons (Fsp3) is 0.944. The van der Waals surface area contributed by atoms with Crippen molar-refractivity contribution < 1.29 is 14.6 Å². The van der Waals surface area contributed by atoms with Crippen LogP contribution in [0.1, 0.15) is 58.8 Å². The van der Waals surface area contributed by atoms with E-state index in [9.17, 15) is 9.90 Å². The molecule has 118 valence electrons. The van der Waals surface area contributed by atoms with E-state index in [1.807, 2.05) is 0 Å². The molecule has 0 bridgehead atoms. The van der Waals surface area contributed by atoms with Crippen LogP contribution in [0, 0.1) is 28.6 Å². The second-order valence-corrected chi connectivity index (χ2v) is 8.59. The first-order valence-electron chi connectivity index (χ1n) is 8.78. The van der Waals surface area contributed by atoms with Crippen molar-refractivity contribution in [3.8, 4) is 0 Å². The third-order valence-corrected chi connectivity index (χ3v) is 7.74. The number of fused-ring (bicyclic) bond motifs is 5. The number of ether oxygens (including phenoxy) is 1. The van der Waals surface area contributed by atoms with Crippen LogP contribution in [0.2, 0.25) is 0 Å². The van der Waals surface area contributed by atoms with Crippen molar-refractivity contribution in [2.75, 3.05) is 6.61 Å². The van der Waals surface area contributed by atoms with E-state index < -0.39 is 0 Å². The molecule has 0 spiro atoms. The predicted molar refractivity (Wildman–Crippen MR) is 79.8 cm³/mol. The second kappa shape index (κ2) is 4.55. The molecule has 0 aromatic carbocycles. The zero-order valence-electron chi connectivity index (χ0n) is 13.3. The van der Waals surface area contributed by atoms with Gasteiger partial charge in [-0.25, -0.2) is 0 Å². The van der Waals surface area contributed by atoms with E-state index >= 15 is 0 Å². The van der Waals surface area contributed by atoms with Gasteiger partial charge >= 0.3 is 0 Å². The zero-order valence-corrected chi connectivity index (χ0v) is 13.3. The Hall–Kier alpha value is -0.410. The number of rotatable bonds is 0. The van der Waals surface area contributed by atoms with E-state index in [4.69, 9.17) is 4.74 Å². The van der Waals surface area contributed by atoms with E-state index in [1.54, 1.807) is 0 Å². The number of Topliss-reactive ketones (excluding diaryl/α,β-unsaturated/α-hetero) is 1.